The molecule has 0 aliphatic carbocycles. The van der Waals surface area contributed by atoms with E-state index in [0.29, 0.717) is 10.6 Å². The Morgan fingerprint density at radius 1 is 1.40 bits per heavy atom. The summed E-state index contributed by atoms with van der Waals surface area (Å²) in [4.78, 5) is 13.9. The molecule has 0 fully saturated rings. The molecule has 1 aromatic heterocycles. The lowest BCUT2D eigenvalue weighted by Gasteiger charge is -2.18. The molecule has 0 aliphatic heterocycles. The number of ether oxygens (including phenoxy) is 1. The summed E-state index contributed by atoms with van der Waals surface area (Å²) < 4.78 is 34.5. The van der Waals surface area contributed by atoms with Crippen LogP contribution in [0.5, 0.6) is 6.01 Å². The van der Waals surface area contributed by atoms with Crippen LogP contribution in [0.25, 0.3) is 0 Å². The van der Waals surface area contributed by atoms with Crippen LogP contribution in [0.3, 0.4) is 0 Å². The van der Waals surface area contributed by atoms with E-state index in [1.54, 1.807) is 0 Å². The minimum absolute atomic E-state index is 0.0705. The van der Waals surface area contributed by atoms with Gasteiger partial charge in [0.05, 0.1) is 19.9 Å². The van der Waals surface area contributed by atoms with Crippen LogP contribution in [0.15, 0.2) is 24.4 Å². The highest BCUT2D eigenvalue weighted by Crippen LogP contribution is 2.32. The normalized spacial score (nSPS) is 12.8. The van der Waals surface area contributed by atoms with Gasteiger partial charge in [-0.3, -0.25) is 8.75 Å². The zero-order chi connectivity index (χ0) is 18.8. The second-order valence-electron chi connectivity index (χ2n) is 4.95. The van der Waals surface area contributed by atoms with Gasteiger partial charge in [0, 0.05) is 20.6 Å². The van der Waals surface area contributed by atoms with Crippen molar-refractivity contribution < 1.29 is 22.3 Å². The van der Waals surface area contributed by atoms with Crippen LogP contribution in [-0.4, -0.2) is 36.3 Å². The summed E-state index contributed by atoms with van der Waals surface area (Å²) in [6.07, 6.45) is 0.932. The first-order valence-electron chi connectivity index (χ1n) is 6.69. The van der Waals surface area contributed by atoms with Crippen molar-refractivity contribution in [3.05, 3.63) is 50.1 Å². The van der Waals surface area contributed by atoms with E-state index in [4.69, 9.17) is 32.1 Å². The first kappa shape index (κ1) is 19.4. The van der Waals surface area contributed by atoms with Crippen LogP contribution in [0.2, 0.25) is 10.0 Å². The molecule has 9 nitrogen and oxygen atoms in total. The van der Waals surface area contributed by atoms with Crippen molar-refractivity contribution in [1.29, 1.82) is 0 Å². The van der Waals surface area contributed by atoms with E-state index < -0.39 is 27.0 Å². The number of nitrogens with zero attached hydrogens (tertiary/aromatic N) is 3. The summed E-state index contributed by atoms with van der Waals surface area (Å²) in [7, 11) is -2.57. The largest absolute Gasteiger partial charge is 0.449 e. The summed E-state index contributed by atoms with van der Waals surface area (Å²) >= 11 is 12.0. The van der Waals surface area contributed by atoms with Crippen molar-refractivity contribution in [2.24, 2.45) is 0 Å². The first-order chi connectivity index (χ1) is 11.6. The Morgan fingerprint density at radius 3 is 2.60 bits per heavy atom. The number of nitro groups is 1. The number of aromatic nitrogens is 2. The average Bonchev–Trinajstić information content (AvgIpc) is 2.88. The van der Waals surface area contributed by atoms with Gasteiger partial charge in [-0.15, -0.1) is 0 Å². The smallest absolute Gasteiger partial charge is 0.414 e. The maximum absolute atomic E-state index is 11.6. The van der Waals surface area contributed by atoms with Gasteiger partial charge in [-0.05, 0) is 17.1 Å². The molecule has 1 unspecified atom stereocenters. The SMILES string of the molecule is COc1nc([N+](=O)[O-])cn1CC(OS(C)(=O)=O)c1ccc(Cl)cc1Cl. The number of imidazole rings is 1. The van der Waals surface area contributed by atoms with E-state index in [2.05, 4.69) is 4.98 Å². The Balaban J connectivity index is 2.45. The number of halogens is 2. The standard InChI is InChI=1S/C13H13Cl2N3O6S/c1-23-13-16-12(18(19)20)7-17(13)6-11(24-25(2,21)22)9-4-3-8(14)5-10(9)15/h3-5,7,11H,6H2,1-2H3. The maximum atomic E-state index is 11.6. The van der Waals surface area contributed by atoms with Gasteiger partial charge in [-0.1, -0.05) is 29.3 Å². The molecule has 2 rings (SSSR count). The van der Waals surface area contributed by atoms with Gasteiger partial charge in [-0.2, -0.15) is 8.42 Å². The molecule has 136 valence electrons. The first-order valence-corrected chi connectivity index (χ1v) is 9.26. The van der Waals surface area contributed by atoms with Crippen LogP contribution in [0, 0.1) is 10.1 Å². The molecule has 1 heterocycles. The van der Waals surface area contributed by atoms with E-state index in [-0.39, 0.29) is 17.6 Å². The van der Waals surface area contributed by atoms with E-state index in [0.717, 1.165) is 12.5 Å². The number of rotatable bonds is 7. The zero-order valence-corrected chi connectivity index (χ0v) is 15.4. The minimum Gasteiger partial charge on any atom is -0.449 e. The lowest BCUT2D eigenvalue weighted by molar-refractivity contribution is -0.389. The second-order valence-corrected chi connectivity index (χ2v) is 7.39. The molecule has 0 saturated heterocycles. The van der Waals surface area contributed by atoms with Crippen molar-refractivity contribution in [2.45, 2.75) is 12.6 Å². The molecule has 0 radical (unpaired) electrons. The summed E-state index contributed by atoms with van der Waals surface area (Å²) in [5, 5.41) is 11.4. The monoisotopic (exact) mass is 409 g/mol. The fourth-order valence-corrected chi connectivity index (χ4v) is 3.22. The summed E-state index contributed by atoms with van der Waals surface area (Å²) in [6.45, 7) is -0.140. The van der Waals surface area contributed by atoms with Crippen molar-refractivity contribution >= 4 is 39.1 Å². The van der Waals surface area contributed by atoms with E-state index in [1.165, 1.54) is 29.9 Å². The highest BCUT2D eigenvalue weighted by atomic mass is 35.5. The molecule has 0 aliphatic rings. The summed E-state index contributed by atoms with van der Waals surface area (Å²) in [6, 6.07) is 4.40. The van der Waals surface area contributed by atoms with Crippen molar-refractivity contribution in [3.63, 3.8) is 0 Å². The van der Waals surface area contributed by atoms with Gasteiger partial charge < -0.3 is 14.9 Å². The van der Waals surface area contributed by atoms with E-state index >= 15 is 0 Å². The van der Waals surface area contributed by atoms with Gasteiger partial charge >= 0.3 is 11.8 Å². The Morgan fingerprint density at radius 2 is 2.08 bits per heavy atom. The lowest BCUT2D eigenvalue weighted by Crippen LogP contribution is -2.17. The molecule has 0 spiro atoms. The molecule has 12 heteroatoms. The molecule has 0 amide bonds. The Bertz CT molecular complexity index is 899. The van der Waals surface area contributed by atoms with Crippen molar-refractivity contribution in [1.82, 2.24) is 9.55 Å². The van der Waals surface area contributed by atoms with E-state index in [9.17, 15) is 18.5 Å². The molecule has 1 aromatic carbocycles. The highest BCUT2D eigenvalue weighted by molar-refractivity contribution is 7.86. The molecule has 2 aromatic rings. The van der Waals surface area contributed by atoms with Gasteiger partial charge in [0.15, 0.2) is 0 Å². The Hall–Kier alpha value is -1.88. The molecular weight excluding hydrogens is 397 g/mol. The molecule has 25 heavy (non-hydrogen) atoms. The van der Waals surface area contributed by atoms with Gasteiger partial charge in [0.1, 0.15) is 12.3 Å². The fourth-order valence-electron chi connectivity index (χ4n) is 2.10. The number of benzene rings is 1. The quantitative estimate of drug-likeness (QED) is 0.392. The van der Waals surface area contributed by atoms with Crippen LogP contribution >= 0.6 is 23.2 Å². The van der Waals surface area contributed by atoms with Gasteiger partial charge in [0.2, 0.25) is 0 Å². The fraction of sp³-hybridized carbons (Fsp3) is 0.308. The Labute approximate surface area is 153 Å². The van der Waals surface area contributed by atoms with Crippen LogP contribution in [0.4, 0.5) is 5.82 Å². The summed E-state index contributed by atoms with van der Waals surface area (Å²) in [5.41, 5.74) is 0.342. The number of hydrogen-bond acceptors (Lipinski definition) is 7. The van der Waals surface area contributed by atoms with E-state index in [1.807, 2.05) is 0 Å². The molecule has 0 saturated carbocycles. The average molecular weight is 410 g/mol. The minimum atomic E-state index is -3.85. The molecule has 0 bridgehead atoms. The molecule has 0 N–H and O–H groups in total. The second kappa shape index (κ2) is 7.56. The predicted octanol–water partition coefficient (Wildman–Crippen LogP) is 2.82. The van der Waals surface area contributed by atoms with Crippen molar-refractivity contribution in [2.75, 3.05) is 13.4 Å². The number of hydrogen-bond donors (Lipinski definition) is 0. The van der Waals surface area contributed by atoms with Gasteiger partial charge in [-0.25, -0.2) is 0 Å². The molecule has 1 atom stereocenters. The van der Waals surface area contributed by atoms with Crippen LogP contribution < -0.4 is 4.74 Å². The molecular formula is C13H13Cl2N3O6S. The van der Waals surface area contributed by atoms with Crippen molar-refractivity contribution in [3.8, 4) is 6.01 Å². The predicted molar refractivity (Wildman–Crippen MR) is 90.6 cm³/mol. The maximum Gasteiger partial charge on any atom is 0.414 e. The lowest BCUT2D eigenvalue weighted by atomic mass is 10.1. The third kappa shape index (κ3) is 5.05. The Kier molecular flexibility index (Phi) is 5.88. The van der Waals surface area contributed by atoms with Crippen LogP contribution in [-0.2, 0) is 20.8 Å². The third-order valence-electron chi connectivity index (χ3n) is 3.06. The van der Waals surface area contributed by atoms with Crippen LogP contribution in [0.1, 0.15) is 11.7 Å². The topological polar surface area (TPSA) is 114 Å². The highest BCUT2D eigenvalue weighted by Gasteiger charge is 2.26. The summed E-state index contributed by atoms with van der Waals surface area (Å²) in [5.74, 6) is -0.447. The third-order valence-corrected chi connectivity index (χ3v) is 4.20. The zero-order valence-electron chi connectivity index (χ0n) is 13.0. The van der Waals surface area contributed by atoms with Gasteiger partial charge in [0.25, 0.3) is 10.1 Å². The number of methoxy groups -OCH3 is 1.